The Balaban J connectivity index is 2.72. The molecule has 8 heavy (non-hydrogen) atoms. The van der Waals surface area contributed by atoms with Gasteiger partial charge in [-0.2, -0.15) is 0 Å². The lowest BCUT2D eigenvalue weighted by Crippen LogP contribution is -1.96. The predicted octanol–water partition coefficient (Wildman–Crippen LogP) is 1.41. The van der Waals surface area contributed by atoms with E-state index < -0.39 is 13.0 Å². The zero-order valence-electron chi connectivity index (χ0n) is 4.61. The van der Waals surface area contributed by atoms with E-state index in [1.165, 1.54) is 0 Å². The SMILES string of the molecule is OC(F)CCCCF. The van der Waals surface area contributed by atoms with Crippen LogP contribution < -0.4 is 0 Å². The third kappa shape index (κ3) is 5.82. The standard InChI is InChI=1S/C5H10F2O/c6-4-2-1-3-5(7)8/h5,8H,1-4H2. The molecule has 0 amide bonds. The second kappa shape index (κ2) is 4.97. The zero-order chi connectivity index (χ0) is 6.41. The van der Waals surface area contributed by atoms with Crippen molar-refractivity contribution in [3.63, 3.8) is 0 Å². The van der Waals surface area contributed by atoms with E-state index in [0.29, 0.717) is 12.8 Å². The van der Waals surface area contributed by atoms with Crippen LogP contribution in [0.25, 0.3) is 0 Å². The van der Waals surface area contributed by atoms with Crippen LogP contribution in [0.2, 0.25) is 0 Å². The van der Waals surface area contributed by atoms with Gasteiger partial charge in [0.2, 0.25) is 0 Å². The van der Waals surface area contributed by atoms with Crippen molar-refractivity contribution in [3.05, 3.63) is 0 Å². The summed E-state index contributed by atoms with van der Waals surface area (Å²) in [5, 5.41) is 7.99. The van der Waals surface area contributed by atoms with Crippen LogP contribution in [0.3, 0.4) is 0 Å². The van der Waals surface area contributed by atoms with Crippen molar-refractivity contribution in [2.45, 2.75) is 25.6 Å². The monoisotopic (exact) mass is 124 g/mol. The fourth-order valence-corrected chi connectivity index (χ4v) is 0.407. The van der Waals surface area contributed by atoms with E-state index in [2.05, 4.69) is 0 Å². The van der Waals surface area contributed by atoms with Crippen molar-refractivity contribution in [2.24, 2.45) is 0 Å². The molecule has 0 aliphatic heterocycles. The Morgan fingerprint density at radius 2 is 2.00 bits per heavy atom. The normalized spacial score (nSPS) is 13.9. The molecule has 0 aromatic heterocycles. The molecular weight excluding hydrogens is 114 g/mol. The Morgan fingerprint density at radius 1 is 1.38 bits per heavy atom. The Hall–Kier alpha value is -0.180. The lowest BCUT2D eigenvalue weighted by atomic mass is 10.2. The summed E-state index contributed by atoms with van der Waals surface area (Å²) in [5.41, 5.74) is 0. The molecule has 50 valence electrons. The molecule has 0 saturated heterocycles. The largest absolute Gasteiger partial charge is 0.364 e. The molecule has 3 heteroatoms. The predicted molar refractivity (Wildman–Crippen MR) is 26.9 cm³/mol. The van der Waals surface area contributed by atoms with Gasteiger partial charge in [-0.1, -0.05) is 0 Å². The van der Waals surface area contributed by atoms with E-state index >= 15 is 0 Å². The second-order valence-electron chi connectivity index (χ2n) is 1.62. The second-order valence-corrected chi connectivity index (χ2v) is 1.62. The molecule has 1 N–H and O–H groups in total. The molecule has 0 rings (SSSR count). The van der Waals surface area contributed by atoms with E-state index in [9.17, 15) is 8.78 Å². The van der Waals surface area contributed by atoms with Gasteiger partial charge in [0.05, 0.1) is 6.67 Å². The minimum absolute atomic E-state index is 0.0594. The number of halogens is 2. The van der Waals surface area contributed by atoms with Crippen molar-refractivity contribution in [1.82, 2.24) is 0 Å². The minimum Gasteiger partial charge on any atom is -0.364 e. The summed E-state index contributed by atoms with van der Waals surface area (Å²) in [4.78, 5) is 0. The highest BCUT2D eigenvalue weighted by molar-refractivity contribution is 4.40. The number of hydrogen-bond acceptors (Lipinski definition) is 1. The summed E-state index contributed by atoms with van der Waals surface area (Å²) in [6.45, 7) is -0.424. The van der Waals surface area contributed by atoms with Crippen LogP contribution in [0.15, 0.2) is 0 Å². The van der Waals surface area contributed by atoms with E-state index in [0.717, 1.165) is 0 Å². The molecule has 0 spiro atoms. The first-order valence-corrected chi connectivity index (χ1v) is 2.65. The highest BCUT2D eigenvalue weighted by atomic mass is 19.1. The van der Waals surface area contributed by atoms with Gasteiger partial charge in [-0.05, 0) is 12.8 Å². The molecule has 0 saturated carbocycles. The van der Waals surface area contributed by atoms with Crippen LogP contribution in [0.4, 0.5) is 8.78 Å². The molecule has 0 aliphatic carbocycles. The van der Waals surface area contributed by atoms with Gasteiger partial charge in [0.25, 0.3) is 0 Å². The summed E-state index contributed by atoms with van der Waals surface area (Å²) in [7, 11) is 0. The van der Waals surface area contributed by atoms with Crippen LogP contribution in [-0.4, -0.2) is 18.1 Å². The maximum atomic E-state index is 11.5. The van der Waals surface area contributed by atoms with Gasteiger partial charge in [-0.3, -0.25) is 4.39 Å². The Morgan fingerprint density at radius 3 is 2.38 bits per heavy atom. The van der Waals surface area contributed by atoms with Gasteiger partial charge in [0.1, 0.15) is 0 Å². The summed E-state index contributed by atoms with van der Waals surface area (Å²) in [6, 6.07) is 0. The topological polar surface area (TPSA) is 20.2 Å². The Bertz CT molecular complexity index is 47.7. The summed E-state index contributed by atoms with van der Waals surface area (Å²) < 4.78 is 22.7. The first-order chi connectivity index (χ1) is 3.77. The Labute approximate surface area is 47.3 Å². The van der Waals surface area contributed by atoms with Gasteiger partial charge < -0.3 is 5.11 Å². The van der Waals surface area contributed by atoms with Gasteiger partial charge in [0.15, 0.2) is 6.36 Å². The van der Waals surface area contributed by atoms with Crippen molar-refractivity contribution in [3.8, 4) is 0 Å². The first kappa shape index (κ1) is 7.82. The summed E-state index contributed by atoms with van der Waals surface area (Å²) in [6.07, 6.45) is -0.930. The number of unbranched alkanes of at least 4 members (excludes halogenated alkanes) is 1. The maximum Gasteiger partial charge on any atom is 0.196 e. The molecule has 0 heterocycles. The van der Waals surface area contributed by atoms with Crippen molar-refractivity contribution >= 4 is 0 Å². The summed E-state index contributed by atoms with van der Waals surface area (Å²) in [5.74, 6) is 0. The van der Waals surface area contributed by atoms with Crippen LogP contribution in [-0.2, 0) is 0 Å². The van der Waals surface area contributed by atoms with Crippen LogP contribution in [0.5, 0.6) is 0 Å². The smallest absolute Gasteiger partial charge is 0.196 e. The molecule has 0 radical (unpaired) electrons. The first-order valence-electron chi connectivity index (χ1n) is 2.65. The number of rotatable bonds is 4. The third-order valence-electron chi connectivity index (χ3n) is 0.826. The highest BCUT2D eigenvalue weighted by Crippen LogP contribution is 2.00. The number of aliphatic hydroxyl groups excluding tert-OH is 1. The van der Waals surface area contributed by atoms with Crippen LogP contribution in [0, 0.1) is 0 Å². The minimum atomic E-state index is -1.76. The van der Waals surface area contributed by atoms with Crippen molar-refractivity contribution in [2.75, 3.05) is 6.67 Å². The van der Waals surface area contributed by atoms with Gasteiger partial charge in [0, 0.05) is 6.42 Å². The van der Waals surface area contributed by atoms with Crippen LogP contribution >= 0.6 is 0 Å². The highest BCUT2D eigenvalue weighted by Gasteiger charge is 1.96. The third-order valence-corrected chi connectivity index (χ3v) is 0.826. The fraction of sp³-hybridized carbons (Fsp3) is 1.00. The average molecular weight is 124 g/mol. The molecule has 0 aromatic carbocycles. The van der Waals surface area contributed by atoms with Gasteiger partial charge >= 0.3 is 0 Å². The molecule has 0 aromatic rings. The van der Waals surface area contributed by atoms with E-state index in [4.69, 9.17) is 5.11 Å². The average Bonchev–Trinajstić information content (AvgIpc) is 1.66. The lowest BCUT2D eigenvalue weighted by Gasteiger charge is -1.95. The van der Waals surface area contributed by atoms with Crippen LogP contribution in [0.1, 0.15) is 19.3 Å². The number of hydrogen-bond donors (Lipinski definition) is 1. The molecule has 1 nitrogen and oxygen atoms in total. The zero-order valence-corrected chi connectivity index (χ0v) is 4.61. The molecule has 1 atom stereocenters. The van der Waals surface area contributed by atoms with Gasteiger partial charge in [-0.25, -0.2) is 4.39 Å². The molecular formula is C5H10F2O. The van der Waals surface area contributed by atoms with Gasteiger partial charge in [-0.15, -0.1) is 0 Å². The van der Waals surface area contributed by atoms with Crippen molar-refractivity contribution in [1.29, 1.82) is 0 Å². The number of aliphatic hydroxyl groups is 1. The molecule has 0 bridgehead atoms. The fourth-order valence-electron chi connectivity index (χ4n) is 0.407. The van der Waals surface area contributed by atoms with Crippen molar-refractivity contribution < 1.29 is 13.9 Å². The summed E-state index contributed by atoms with van der Waals surface area (Å²) >= 11 is 0. The maximum absolute atomic E-state index is 11.5. The van der Waals surface area contributed by atoms with E-state index in [-0.39, 0.29) is 6.42 Å². The number of alkyl halides is 2. The molecule has 1 unspecified atom stereocenters. The lowest BCUT2D eigenvalue weighted by molar-refractivity contribution is 0.0321. The van der Waals surface area contributed by atoms with E-state index in [1.807, 2.05) is 0 Å². The molecule has 0 fully saturated rings. The molecule has 0 aliphatic rings. The Kier molecular flexibility index (Phi) is 4.85. The quantitative estimate of drug-likeness (QED) is 0.562. The van der Waals surface area contributed by atoms with E-state index in [1.54, 1.807) is 0 Å².